The minimum atomic E-state index is -0.391. The molecule has 1 aliphatic rings. The van der Waals surface area contributed by atoms with E-state index >= 15 is 0 Å². The highest BCUT2D eigenvalue weighted by Gasteiger charge is 2.28. The Bertz CT molecular complexity index is 202. The summed E-state index contributed by atoms with van der Waals surface area (Å²) in [5.41, 5.74) is 5.54. The lowest BCUT2D eigenvalue weighted by atomic mass is 10.1. The van der Waals surface area contributed by atoms with Crippen LogP contribution < -0.4 is 5.73 Å². The van der Waals surface area contributed by atoms with Crippen molar-refractivity contribution in [1.29, 1.82) is 5.26 Å². The van der Waals surface area contributed by atoms with Gasteiger partial charge in [-0.25, -0.2) is 0 Å². The van der Waals surface area contributed by atoms with Gasteiger partial charge in [0, 0.05) is 19.2 Å². The monoisotopic (exact) mass is 183 g/mol. The second-order valence-electron chi connectivity index (χ2n) is 3.61. The lowest BCUT2D eigenvalue weighted by Crippen LogP contribution is -2.43. The average molecular weight is 183 g/mol. The molecule has 0 aliphatic carbocycles. The minimum Gasteiger partial charge on any atom is -0.377 e. The molecule has 1 fully saturated rings. The van der Waals surface area contributed by atoms with Crippen LogP contribution in [0.4, 0.5) is 0 Å². The molecule has 0 spiro atoms. The maximum atomic E-state index is 8.56. The molecule has 0 bridgehead atoms. The lowest BCUT2D eigenvalue weighted by Gasteiger charge is -2.27. The molecule has 0 saturated carbocycles. The van der Waals surface area contributed by atoms with Gasteiger partial charge in [-0.3, -0.25) is 4.90 Å². The molecule has 3 atom stereocenters. The molecule has 4 nitrogen and oxygen atoms in total. The molecular weight excluding hydrogens is 166 g/mol. The highest BCUT2D eigenvalue weighted by Crippen LogP contribution is 2.17. The molecule has 0 radical (unpaired) electrons. The summed E-state index contributed by atoms with van der Waals surface area (Å²) in [5.74, 6) is 0. The van der Waals surface area contributed by atoms with Gasteiger partial charge in [-0.1, -0.05) is 0 Å². The van der Waals surface area contributed by atoms with Crippen LogP contribution >= 0.6 is 0 Å². The fraction of sp³-hybridized carbons (Fsp3) is 0.889. The normalized spacial score (nSPS) is 30.4. The van der Waals surface area contributed by atoms with Gasteiger partial charge in [0.05, 0.1) is 12.2 Å². The van der Waals surface area contributed by atoms with E-state index < -0.39 is 6.04 Å². The third-order valence-electron chi connectivity index (χ3n) is 2.55. The Kier molecular flexibility index (Phi) is 3.67. The molecule has 1 rings (SSSR count). The largest absolute Gasteiger partial charge is 0.377 e. The molecule has 1 aliphatic heterocycles. The molecule has 0 aromatic heterocycles. The van der Waals surface area contributed by atoms with Crippen LogP contribution in [-0.2, 0) is 4.74 Å². The van der Waals surface area contributed by atoms with Gasteiger partial charge in [0.15, 0.2) is 0 Å². The van der Waals surface area contributed by atoms with Crippen molar-refractivity contribution < 1.29 is 4.74 Å². The number of hydrogen-bond acceptors (Lipinski definition) is 4. The van der Waals surface area contributed by atoms with Gasteiger partial charge in [0.25, 0.3) is 0 Å². The number of rotatable bonds is 3. The van der Waals surface area contributed by atoms with Crippen molar-refractivity contribution in [2.24, 2.45) is 5.73 Å². The van der Waals surface area contributed by atoms with Gasteiger partial charge in [-0.15, -0.1) is 0 Å². The molecule has 4 heteroatoms. The summed E-state index contributed by atoms with van der Waals surface area (Å²) in [4.78, 5) is 2.12. The maximum absolute atomic E-state index is 8.56. The summed E-state index contributed by atoms with van der Waals surface area (Å²) in [5, 5.41) is 8.56. The lowest BCUT2D eigenvalue weighted by molar-refractivity contribution is 0.0832. The van der Waals surface area contributed by atoms with Gasteiger partial charge >= 0.3 is 0 Å². The molecule has 3 unspecified atom stereocenters. The first kappa shape index (κ1) is 10.5. The molecule has 74 valence electrons. The van der Waals surface area contributed by atoms with Crippen LogP contribution in [0, 0.1) is 11.3 Å². The highest BCUT2D eigenvalue weighted by molar-refractivity contribution is 4.91. The van der Waals surface area contributed by atoms with E-state index in [9.17, 15) is 0 Å². The van der Waals surface area contributed by atoms with Crippen molar-refractivity contribution in [3.63, 3.8) is 0 Å². The predicted molar refractivity (Wildman–Crippen MR) is 50.0 cm³/mol. The first-order valence-corrected chi connectivity index (χ1v) is 4.62. The predicted octanol–water partition coefficient (Wildman–Crippen LogP) is -0.0535. The van der Waals surface area contributed by atoms with Gasteiger partial charge in [-0.2, -0.15) is 5.26 Å². The van der Waals surface area contributed by atoms with Crippen molar-refractivity contribution in [2.75, 3.05) is 20.2 Å². The Labute approximate surface area is 79.3 Å². The molecule has 0 aromatic rings. The summed E-state index contributed by atoms with van der Waals surface area (Å²) < 4.78 is 5.44. The fourth-order valence-corrected chi connectivity index (χ4v) is 1.79. The summed E-state index contributed by atoms with van der Waals surface area (Å²) in [6, 6.07) is 2.05. The van der Waals surface area contributed by atoms with Crippen molar-refractivity contribution in [2.45, 2.75) is 31.5 Å². The van der Waals surface area contributed by atoms with Gasteiger partial charge in [0.1, 0.15) is 6.04 Å². The molecule has 1 heterocycles. The molecular formula is C9H17N3O. The Hall–Kier alpha value is -0.630. The quantitative estimate of drug-likeness (QED) is 0.666. The van der Waals surface area contributed by atoms with E-state index in [1.807, 2.05) is 13.1 Å². The van der Waals surface area contributed by atoms with Crippen LogP contribution in [0.5, 0.6) is 0 Å². The Balaban J connectivity index is 2.39. The van der Waals surface area contributed by atoms with Crippen LogP contribution in [0.2, 0.25) is 0 Å². The molecule has 0 amide bonds. The zero-order valence-corrected chi connectivity index (χ0v) is 8.23. The van der Waals surface area contributed by atoms with Crippen LogP contribution in [-0.4, -0.2) is 43.3 Å². The van der Waals surface area contributed by atoms with E-state index in [1.54, 1.807) is 0 Å². The summed E-state index contributed by atoms with van der Waals surface area (Å²) in [6.07, 6.45) is 1.30. The van der Waals surface area contributed by atoms with Crippen LogP contribution in [0.25, 0.3) is 0 Å². The Morgan fingerprint density at radius 3 is 2.92 bits per heavy atom. The van der Waals surface area contributed by atoms with Gasteiger partial charge in [0.2, 0.25) is 0 Å². The zero-order chi connectivity index (χ0) is 9.84. The van der Waals surface area contributed by atoms with Crippen molar-refractivity contribution in [1.82, 2.24) is 4.90 Å². The number of nitriles is 1. The second kappa shape index (κ2) is 4.56. The SMILES string of the molecule is CC1OCCC1N(C)CC(N)C#N. The van der Waals surface area contributed by atoms with E-state index in [0.29, 0.717) is 12.6 Å². The zero-order valence-electron chi connectivity index (χ0n) is 8.23. The summed E-state index contributed by atoms with van der Waals surface area (Å²) >= 11 is 0. The molecule has 0 aromatic carbocycles. The average Bonchev–Trinajstić information content (AvgIpc) is 2.51. The van der Waals surface area contributed by atoms with Crippen molar-refractivity contribution in [3.8, 4) is 6.07 Å². The summed E-state index contributed by atoms with van der Waals surface area (Å²) in [6.45, 7) is 3.50. The number of nitrogens with two attached hydrogens (primary N) is 1. The standard InChI is InChI=1S/C9H17N3O/c1-7-9(3-4-13-7)12(2)6-8(11)5-10/h7-9H,3-4,6,11H2,1-2H3. The minimum absolute atomic E-state index is 0.260. The Morgan fingerprint density at radius 1 is 1.77 bits per heavy atom. The highest BCUT2D eigenvalue weighted by atomic mass is 16.5. The van der Waals surface area contributed by atoms with Crippen LogP contribution in [0.1, 0.15) is 13.3 Å². The topological polar surface area (TPSA) is 62.3 Å². The molecule has 2 N–H and O–H groups in total. The number of nitrogens with zero attached hydrogens (tertiary/aromatic N) is 2. The smallest absolute Gasteiger partial charge is 0.106 e. The number of ether oxygens (including phenoxy) is 1. The molecule has 13 heavy (non-hydrogen) atoms. The third kappa shape index (κ3) is 2.66. The first-order valence-electron chi connectivity index (χ1n) is 4.62. The van der Waals surface area contributed by atoms with E-state index in [1.165, 1.54) is 0 Å². The van der Waals surface area contributed by atoms with Crippen LogP contribution in [0.15, 0.2) is 0 Å². The summed E-state index contributed by atoms with van der Waals surface area (Å²) in [7, 11) is 1.99. The second-order valence-corrected chi connectivity index (χ2v) is 3.61. The van der Waals surface area contributed by atoms with Crippen molar-refractivity contribution >= 4 is 0 Å². The molecule has 1 saturated heterocycles. The van der Waals surface area contributed by atoms with Crippen molar-refractivity contribution in [3.05, 3.63) is 0 Å². The van der Waals surface area contributed by atoms with E-state index in [-0.39, 0.29) is 6.10 Å². The third-order valence-corrected chi connectivity index (χ3v) is 2.55. The van der Waals surface area contributed by atoms with Gasteiger partial charge in [-0.05, 0) is 20.4 Å². The van der Waals surface area contributed by atoms with E-state index in [0.717, 1.165) is 13.0 Å². The number of likely N-dealkylation sites (N-methyl/N-ethyl adjacent to an activating group) is 1. The van der Waals surface area contributed by atoms with Crippen LogP contribution in [0.3, 0.4) is 0 Å². The van der Waals surface area contributed by atoms with Gasteiger partial charge < -0.3 is 10.5 Å². The Morgan fingerprint density at radius 2 is 2.46 bits per heavy atom. The van der Waals surface area contributed by atoms with E-state index in [2.05, 4.69) is 11.8 Å². The number of hydrogen-bond donors (Lipinski definition) is 1. The fourth-order valence-electron chi connectivity index (χ4n) is 1.79. The maximum Gasteiger partial charge on any atom is 0.106 e. The van der Waals surface area contributed by atoms with E-state index in [4.69, 9.17) is 15.7 Å². The first-order chi connectivity index (χ1) is 6.15.